The smallest absolute Gasteiger partial charge is 0.256 e. The van der Waals surface area contributed by atoms with Gasteiger partial charge in [-0.3, -0.25) is 4.79 Å². The summed E-state index contributed by atoms with van der Waals surface area (Å²) in [6, 6.07) is 3.50. The van der Waals surface area contributed by atoms with Gasteiger partial charge in [0.25, 0.3) is 5.91 Å². The summed E-state index contributed by atoms with van der Waals surface area (Å²) in [5, 5.41) is 2.87. The van der Waals surface area contributed by atoms with Gasteiger partial charge in [0.15, 0.2) is 0 Å². The molecule has 1 heterocycles. The summed E-state index contributed by atoms with van der Waals surface area (Å²) >= 11 is 0. The molecular weight excluding hydrogens is 308 g/mol. The van der Waals surface area contributed by atoms with E-state index in [0.29, 0.717) is 44.4 Å². The first-order valence-electron chi connectivity index (χ1n) is 8.67. The first-order chi connectivity index (χ1) is 11.6. The molecule has 1 amide bonds. The number of nitrogens with zero attached hydrogens (tertiary/aromatic N) is 1. The van der Waals surface area contributed by atoms with Crippen LogP contribution in [0.1, 0.15) is 47.0 Å². The molecule has 0 aliphatic heterocycles. The Labute approximate surface area is 144 Å². The van der Waals surface area contributed by atoms with Gasteiger partial charge in [-0.25, -0.2) is 4.98 Å². The zero-order valence-electron chi connectivity index (χ0n) is 15.3. The van der Waals surface area contributed by atoms with Crippen molar-refractivity contribution >= 4 is 11.6 Å². The van der Waals surface area contributed by atoms with E-state index in [4.69, 9.17) is 14.2 Å². The summed E-state index contributed by atoms with van der Waals surface area (Å²) in [4.78, 5) is 16.7. The summed E-state index contributed by atoms with van der Waals surface area (Å²) in [6.45, 7) is 10.0. The summed E-state index contributed by atoms with van der Waals surface area (Å²) in [7, 11) is 0. The Kier molecular flexibility index (Phi) is 9.34. The van der Waals surface area contributed by atoms with Crippen molar-refractivity contribution < 1.29 is 19.0 Å². The number of carbonyl (C=O) groups is 1. The highest BCUT2D eigenvalue weighted by molar-refractivity contribution is 5.96. The van der Waals surface area contributed by atoms with Crippen LogP contribution in [-0.2, 0) is 14.3 Å². The number of hydrogen-bond acceptors (Lipinski definition) is 5. The molecule has 0 aromatic carbocycles. The maximum absolute atomic E-state index is 12.5. The second-order valence-corrected chi connectivity index (χ2v) is 5.71. The van der Waals surface area contributed by atoms with E-state index in [9.17, 15) is 4.79 Å². The molecule has 0 saturated carbocycles. The molecule has 1 unspecified atom stereocenters. The van der Waals surface area contributed by atoms with E-state index >= 15 is 0 Å². The van der Waals surface area contributed by atoms with E-state index in [0.717, 1.165) is 12.8 Å². The van der Waals surface area contributed by atoms with Crippen LogP contribution in [0, 0.1) is 0 Å². The van der Waals surface area contributed by atoms with Crippen molar-refractivity contribution in [2.45, 2.75) is 52.6 Å². The Hall–Kier alpha value is -1.66. The van der Waals surface area contributed by atoms with Crippen LogP contribution < -0.4 is 10.1 Å². The second-order valence-electron chi connectivity index (χ2n) is 5.71. The van der Waals surface area contributed by atoms with E-state index in [-0.39, 0.29) is 5.91 Å². The minimum absolute atomic E-state index is 0.149. The topological polar surface area (TPSA) is 69.7 Å². The van der Waals surface area contributed by atoms with Crippen molar-refractivity contribution in [2.75, 3.05) is 31.7 Å². The van der Waals surface area contributed by atoms with Crippen molar-refractivity contribution in [3.05, 3.63) is 18.3 Å². The maximum Gasteiger partial charge on any atom is 0.256 e. The molecule has 0 spiro atoms. The molecular formula is C18H30N2O4. The largest absolute Gasteiger partial charge is 0.475 e. The number of nitrogens with one attached hydrogen (secondary N) is 1. The fourth-order valence-electron chi connectivity index (χ4n) is 2.21. The van der Waals surface area contributed by atoms with Crippen molar-refractivity contribution in [2.24, 2.45) is 0 Å². The Morgan fingerprint density at radius 2 is 1.96 bits per heavy atom. The molecule has 1 aromatic rings. The third-order valence-corrected chi connectivity index (χ3v) is 3.51. The van der Waals surface area contributed by atoms with E-state index in [2.05, 4.69) is 10.3 Å². The van der Waals surface area contributed by atoms with Gasteiger partial charge in [-0.15, -0.1) is 0 Å². The van der Waals surface area contributed by atoms with Crippen LogP contribution in [0.5, 0.6) is 5.88 Å². The molecule has 1 N–H and O–H groups in total. The molecule has 0 saturated heterocycles. The van der Waals surface area contributed by atoms with Gasteiger partial charge < -0.3 is 19.5 Å². The number of pyridine rings is 1. The van der Waals surface area contributed by atoms with Crippen LogP contribution in [0.4, 0.5) is 5.69 Å². The average Bonchev–Trinajstić information content (AvgIpc) is 2.58. The summed E-state index contributed by atoms with van der Waals surface area (Å²) < 4.78 is 16.4. The molecule has 1 aromatic heterocycles. The monoisotopic (exact) mass is 338 g/mol. The highest BCUT2D eigenvalue weighted by atomic mass is 16.5. The molecule has 0 fully saturated rings. The Balaban J connectivity index is 2.58. The van der Waals surface area contributed by atoms with Gasteiger partial charge in [-0.05, 0) is 32.8 Å². The van der Waals surface area contributed by atoms with Gasteiger partial charge in [0.2, 0.25) is 5.88 Å². The van der Waals surface area contributed by atoms with Crippen LogP contribution in [0.3, 0.4) is 0 Å². The van der Waals surface area contributed by atoms with Gasteiger partial charge in [0, 0.05) is 19.3 Å². The third-order valence-electron chi connectivity index (χ3n) is 3.51. The lowest BCUT2D eigenvalue weighted by molar-refractivity contribution is -0.140. The minimum atomic E-state index is -0.822. The standard InChI is InChI=1S/C18H30N2O4/c1-5-10-18(4,24-11-6-2)17(21)20-15-8-9-16(19-14-15)23-13-12-22-7-3/h8-9,14H,5-7,10-13H2,1-4H3,(H,20,21). The fraction of sp³-hybridized carbons (Fsp3) is 0.667. The minimum Gasteiger partial charge on any atom is -0.475 e. The summed E-state index contributed by atoms with van der Waals surface area (Å²) in [5.41, 5.74) is -0.197. The molecule has 0 aliphatic rings. The zero-order valence-corrected chi connectivity index (χ0v) is 15.3. The molecule has 0 aliphatic carbocycles. The summed E-state index contributed by atoms with van der Waals surface area (Å²) in [5.74, 6) is 0.357. The maximum atomic E-state index is 12.5. The molecule has 1 rings (SSSR count). The van der Waals surface area contributed by atoms with Crippen LogP contribution in [0.15, 0.2) is 18.3 Å². The third kappa shape index (κ3) is 6.84. The Morgan fingerprint density at radius 1 is 1.17 bits per heavy atom. The lowest BCUT2D eigenvalue weighted by Gasteiger charge is -2.28. The lowest BCUT2D eigenvalue weighted by atomic mass is 9.99. The van der Waals surface area contributed by atoms with Crippen LogP contribution in [0.2, 0.25) is 0 Å². The van der Waals surface area contributed by atoms with Crippen LogP contribution >= 0.6 is 0 Å². The number of aromatic nitrogens is 1. The Morgan fingerprint density at radius 3 is 2.54 bits per heavy atom. The molecule has 0 radical (unpaired) electrons. The number of hydrogen-bond donors (Lipinski definition) is 1. The predicted octanol–water partition coefficient (Wildman–Crippen LogP) is 3.42. The van der Waals surface area contributed by atoms with Crippen molar-refractivity contribution in [3.8, 4) is 5.88 Å². The van der Waals surface area contributed by atoms with Gasteiger partial charge >= 0.3 is 0 Å². The molecule has 1 atom stereocenters. The molecule has 6 nitrogen and oxygen atoms in total. The van der Waals surface area contributed by atoms with Crippen LogP contribution in [-0.4, -0.2) is 42.9 Å². The quantitative estimate of drug-likeness (QED) is 0.591. The number of amides is 1. The Bertz CT molecular complexity index is 478. The number of carbonyl (C=O) groups excluding carboxylic acids is 1. The first kappa shape index (κ1) is 20.4. The number of rotatable bonds is 12. The molecule has 6 heteroatoms. The first-order valence-corrected chi connectivity index (χ1v) is 8.67. The highest BCUT2D eigenvalue weighted by Crippen LogP contribution is 2.21. The van der Waals surface area contributed by atoms with E-state index in [1.165, 1.54) is 0 Å². The van der Waals surface area contributed by atoms with Crippen molar-refractivity contribution in [3.63, 3.8) is 0 Å². The van der Waals surface area contributed by atoms with Gasteiger partial charge in [-0.2, -0.15) is 0 Å². The van der Waals surface area contributed by atoms with Gasteiger partial charge in [-0.1, -0.05) is 20.3 Å². The average molecular weight is 338 g/mol. The second kappa shape index (κ2) is 11.0. The summed E-state index contributed by atoms with van der Waals surface area (Å²) in [6.07, 6.45) is 4.01. The lowest BCUT2D eigenvalue weighted by Crippen LogP contribution is -2.43. The van der Waals surface area contributed by atoms with E-state index in [1.807, 2.05) is 27.7 Å². The van der Waals surface area contributed by atoms with E-state index in [1.54, 1.807) is 18.3 Å². The SMILES string of the molecule is CCCOC(C)(CCC)C(=O)Nc1ccc(OCCOCC)nc1. The number of ether oxygens (including phenoxy) is 3. The zero-order chi connectivity index (χ0) is 17.8. The van der Waals surface area contributed by atoms with Crippen molar-refractivity contribution in [1.29, 1.82) is 0 Å². The van der Waals surface area contributed by atoms with Crippen molar-refractivity contribution in [1.82, 2.24) is 4.98 Å². The molecule has 0 bridgehead atoms. The number of anilines is 1. The molecule has 24 heavy (non-hydrogen) atoms. The van der Waals surface area contributed by atoms with Crippen LogP contribution in [0.25, 0.3) is 0 Å². The normalized spacial score (nSPS) is 13.3. The predicted molar refractivity (Wildman–Crippen MR) is 94.4 cm³/mol. The highest BCUT2D eigenvalue weighted by Gasteiger charge is 2.33. The van der Waals surface area contributed by atoms with Gasteiger partial charge in [0.1, 0.15) is 12.2 Å². The van der Waals surface area contributed by atoms with E-state index < -0.39 is 5.60 Å². The molecule has 136 valence electrons. The fourth-order valence-corrected chi connectivity index (χ4v) is 2.21. The van der Waals surface area contributed by atoms with Gasteiger partial charge in [0.05, 0.1) is 18.5 Å².